The van der Waals surface area contributed by atoms with E-state index in [0.29, 0.717) is 28.6 Å². The van der Waals surface area contributed by atoms with Crippen molar-refractivity contribution >= 4 is 17.6 Å². The minimum atomic E-state index is -0.261. The number of anilines is 1. The normalized spacial score (nSPS) is 14.6. The summed E-state index contributed by atoms with van der Waals surface area (Å²) in [5, 5.41) is 21.0. The Balaban J connectivity index is 1.59. The number of hydrogen-bond acceptors (Lipinski definition) is 4. The van der Waals surface area contributed by atoms with Crippen LogP contribution in [0.5, 0.6) is 5.75 Å². The summed E-state index contributed by atoms with van der Waals surface area (Å²) in [6.07, 6.45) is 5.81. The molecular formula is C24H29N5O3. The molecule has 168 valence electrons. The van der Waals surface area contributed by atoms with Crippen LogP contribution in [0.25, 0.3) is 11.3 Å². The van der Waals surface area contributed by atoms with Gasteiger partial charge in [0, 0.05) is 42.5 Å². The summed E-state index contributed by atoms with van der Waals surface area (Å²) in [6.45, 7) is 3.97. The molecule has 1 unspecified atom stereocenters. The lowest BCUT2D eigenvalue weighted by atomic mass is 9.82. The molecule has 0 aliphatic heterocycles. The van der Waals surface area contributed by atoms with Crippen LogP contribution in [0.4, 0.5) is 10.5 Å². The van der Waals surface area contributed by atoms with E-state index < -0.39 is 0 Å². The van der Waals surface area contributed by atoms with Gasteiger partial charge < -0.3 is 20.3 Å². The fourth-order valence-electron chi connectivity index (χ4n) is 3.78. The van der Waals surface area contributed by atoms with Gasteiger partial charge in [-0.3, -0.25) is 4.79 Å². The third-order valence-corrected chi connectivity index (χ3v) is 6.14. The molecule has 0 saturated heterocycles. The van der Waals surface area contributed by atoms with Crippen molar-refractivity contribution in [2.45, 2.75) is 51.5 Å². The first-order chi connectivity index (χ1) is 15.4. The van der Waals surface area contributed by atoms with Gasteiger partial charge in [0.1, 0.15) is 11.4 Å². The van der Waals surface area contributed by atoms with Crippen molar-refractivity contribution in [1.82, 2.24) is 19.7 Å². The highest BCUT2D eigenvalue weighted by atomic mass is 16.3. The van der Waals surface area contributed by atoms with Gasteiger partial charge in [0.2, 0.25) is 0 Å². The van der Waals surface area contributed by atoms with Crippen LogP contribution in [-0.4, -0.2) is 37.4 Å². The second-order valence-electron chi connectivity index (χ2n) is 8.44. The van der Waals surface area contributed by atoms with Crippen LogP contribution in [0.3, 0.4) is 0 Å². The van der Waals surface area contributed by atoms with Gasteiger partial charge in [0.25, 0.3) is 5.91 Å². The number of phenols is 1. The molecule has 1 aromatic carbocycles. The molecule has 8 nitrogen and oxygen atoms in total. The molecule has 0 radical (unpaired) electrons. The van der Waals surface area contributed by atoms with Crippen LogP contribution in [0.15, 0.2) is 42.6 Å². The quantitative estimate of drug-likeness (QED) is 0.532. The highest BCUT2D eigenvalue weighted by molar-refractivity contribution is 6.03. The number of aromatic hydroxyl groups is 1. The Morgan fingerprint density at radius 2 is 2.03 bits per heavy atom. The Bertz CT molecular complexity index is 1140. The Hall–Kier alpha value is -3.55. The van der Waals surface area contributed by atoms with Crippen LogP contribution < -0.4 is 10.6 Å². The van der Waals surface area contributed by atoms with E-state index in [1.165, 1.54) is 10.7 Å². The molecular weight excluding hydrogens is 406 g/mol. The average molecular weight is 436 g/mol. The molecule has 3 aromatic rings. The van der Waals surface area contributed by atoms with E-state index in [-0.39, 0.29) is 23.7 Å². The molecule has 4 rings (SSSR count). The highest BCUT2D eigenvalue weighted by Gasteiger charge is 2.28. The molecule has 0 spiro atoms. The van der Waals surface area contributed by atoms with Crippen molar-refractivity contribution in [3.05, 3.63) is 54.0 Å². The molecule has 2 amide bonds. The average Bonchev–Trinajstić information content (AvgIpc) is 3.33. The van der Waals surface area contributed by atoms with E-state index in [4.69, 9.17) is 0 Å². The van der Waals surface area contributed by atoms with Crippen molar-refractivity contribution in [2.24, 2.45) is 7.05 Å². The number of benzene rings is 1. The molecule has 1 saturated carbocycles. The van der Waals surface area contributed by atoms with E-state index in [0.717, 1.165) is 31.4 Å². The number of rotatable bonds is 6. The molecule has 1 aliphatic rings. The summed E-state index contributed by atoms with van der Waals surface area (Å²) in [4.78, 5) is 25.2. The zero-order valence-electron chi connectivity index (χ0n) is 18.6. The standard InChI is InChI=1S/C24H29N5O3/c1-4-15(2)25-24(32)29-21(16-7-5-8-16)14-19(27-29)18-11-10-17(13-22(18)30)26-23(31)20-9-6-12-28(20)3/h6,9-16,30H,4-5,7-8H2,1-3H3,(H,25,32)(H,26,31). The Morgan fingerprint density at radius 1 is 1.25 bits per heavy atom. The summed E-state index contributed by atoms with van der Waals surface area (Å²) in [7, 11) is 1.79. The minimum Gasteiger partial charge on any atom is -0.507 e. The van der Waals surface area contributed by atoms with Crippen LogP contribution in [0.2, 0.25) is 0 Å². The third-order valence-electron chi connectivity index (χ3n) is 6.14. The van der Waals surface area contributed by atoms with Crippen LogP contribution in [0, 0.1) is 0 Å². The summed E-state index contributed by atoms with van der Waals surface area (Å²) in [6, 6.07) is 10.1. The smallest absolute Gasteiger partial charge is 0.342 e. The molecule has 32 heavy (non-hydrogen) atoms. The second-order valence-corrected chi connectivity index (χ2v) is 8.44. The molecule has 2 heterocycles. The van der Waals surface area contributed by atoms with Crippen molar-refractivity contribution in [3.8, 4) is 17.0 Å². The topological polar surface area (TPSA) is 101 Å². The summed E-state index contributed by atoms with van der Waals surface area (Å²) in [5.74, 6) is 0.0228. The second kappa shape index (κ2) is 8.90. The van der Waals surface area contributed by atoms with E-state index in [2.05, 4.69) is 15.7 Å². The summed E-state index contributed by atoms with van der Waals surface area (Å²) >= 11 is 0. The lowest BCUT2D eigenvalue weighted by Crippen LogP contribution is -2.37. The van der Waals surface area contributed by atoms with Gasteiger partial charge in [-0.2, -0.15) is 9.78 Å². The largest absolute Gasteiger partial charge is 0.507 e. The number of amides is 2. The molecule has 3 N–H and O–H groups in total. The van der Waals surface area contributed by atoms with E-state index >= 15 is 0 Å². The number of nitrogens with zero attached hydrogens (tertiary/aromatic N) is 3. The molecule has 1 atom stereocenters. The van der Waals surface area contributed by atoms with Crippen molar-refractivity contribution in [2.75, 3.05) is 5.32 Å². The number of phenolic OH excluding ortho intramolecular Hbond substituents is 1. The third kappa shape index (κ3) is 4.26. The van der Waals surface area contributed by atoms with Gasteiger partial charge in [0.15, 0.2) is 0 Å². The Kier molecular flexibility index (Phi) is 6.03. The van der Waals surface area contributed by atoms with Gasteiger partial charge in [-0.15, -0.1) is 0 Å². The highest BCUT2D eigenvalue weighted by Crippen LogP contribution is 2.39. The molecule has 2 aromatic heterocycles. The number of nitrogens with one attached hydrogen (secondary N) is 2. The minimum absolute atomic E-state index is 0.0122. The zero-order valence-corrected chi connectivity index (χ0v) is 18.6. The predicted octanol–water partition coefficient (Wildman–Crippen LogP) is 4.47. The lowest BCUT2D eigenvalue weighted by Gasteiger charge is -2.25. The van der Waals surface area contributed by atoms with Crippen LogP contribution in [-0.2, 0) is 7.05 Å². The first-order valence-corrected chi connectivity index (χ1v) is 11.0. The van der Waals surface area contributed by atoms with Crippen LogP contribution >= 0.6 is 0 Å². The molecule has 0 bridgehead atoms. The monoisotopic (exact) mass is 435 g/mol. The van der Waals surface area contributed by atoms with Gasteiger partial charge in [-0.05, 0) is 56.5 Å². The fraction of sp³-hybridized carbons (Fsp3) is 0.375. The predicted molar refractivity (Wildman–Crippen MR) is 123 cm³/mol. The summed E-state index contributed by atoms with van der Waals surface area (Å²) in [5.41, 5.74) is 2.91. The Morgan fingerprint density at radius 3 is 2.62 bits per heavy atom. The maximum Gasteiger partial charge on any atom is 0.342 e. The van der Waals surface area contributed by atoms with E-state index in [9.17, 15) is 14.7 Å². The number of carbonyl (C=O) groups is 2. The lowest BCUT2D eigenvalue weighted by molar-refractivity contribution is 0.101. The summed E-state index contributed by atoms with van der Waals surface area (Å²) < 4.78 is 3.17. The maximum atomic E-state index is 12.8. The number of aromatic nitrogens is 3. The van der Waals surface area contributed by atoms with Crippen molar-refractivity contribution in [1.29, 1.82) is 0 Å². The van der Waals surface area contributed by atoms with Gasteiger partial charge in [0.05, 0.1) is 11.4 Å². The van der Waals surface area contributed by atoms with Crippen LogP contribution in [0.1, 0.15) is 61.6 Å². The van der Waals surface area contributed by atoms with E-state index in [1.54, 1.807) is 42.1 Å². The van der Waals surface area contributed by atoms with Crippen molar-refractivity contribution in [3.63, 3.8) is 0 Å². The molecule has 8 heteroatoms. The number of aryl methyl sites for hydroxylation is 1. The fourth-order valence-corrected chi connectivity index (χ4v) is 3.78. The first kappa shape index (κ1) is 21.7. The van der Waals surface area contributed by atoms with Crippen molar-refractivity contribution < 1.29 is 14.7 Å². The molecule has 1 fully saturated rings. The van der Waals surface area contributed by atoms with E-state index in [1.807, 2.05) is 19.9 Å². The van der Waals surface area contributed by atoms with Gasteiger partial charge in [-0.25, -0.2) is 4.79 Å². The Labute approximate surface area is 187 Å². The zero-order chi connectivity index (χ0) is 22.8. The first-order valence-electron chi connectivity index (χ1n) is 11.0. The van der Waals surface area contributed by atoms with Gasteiger partial charge in [-0.1, -0.05) is 13.3 Å². The number of hydrogen-bond donors (Lipinski definition) is 3. The SMILES string of the molecule is CCC(C)NC(=O)n1nc(-c2ccc(NC(=O)c3cccn3C)cc2O)cc1C1CCC1. The number of carbonyl (C=O) groups excluding carboxylic acids is 2. The maximum absolute atomic E-state index is 12.8. The molecule has 1 aliphatic carbocycles. The van der Waals surface area contributed by atoms with Gasteiger partial charge >= 0.3 is 6.03 Å².